The SMILES string of the molecule is COc1cc(C(Nc2ccc(C(=N)NO)cc2)C(=O)NC(C)c2c[nH]c3ccccc23)ccc1OCc1ccccc1. The zero-order valence-corrected chi connectivity index (χ0v) is 23.3. The third kappa shape index (κ3) is 6.37. The van der Waals surface area contributed by atoms with Gasteiger partial charge in [-0.2, -0.15) is 0 Å². The lowest BCUT2D eigenvalue weighted by Gasteiger charge is -2.24. The van der Waals surface area contributed by atoms with Gasteiger partial charge in [0.1, 0.15) is 18.5 Å². The minimum Gasteiger partial charge on any atom is -0.493 e. The lowest BCUT2D eigenvalue weighted by Crippen LogP contribution is -2.35. The highest BCUT2D eigenvalue weighted by molar-refractivity contribution is 5.96. The Morgan fingerprint density at radius 1 is 0.952 bits per heavy atom. The summed E-state index contributed by atoms with van der Waals surface area (Å²) >= 11 is 0. The second-order valence-corrected chi connectivity index (χ2v) is 9.85. The van der Waals surface area contributed by atoms with E-state index in [1.807, 2.05) is 79.3 Å². The van der Waals surface area contributed by atoms with Crippen LogP contribution in [0.3, 0.4) is 0 Å². The second-order valence-electron chi connectivity index (χ2n) is 9.85. The summed E-state index contributed by atoms with van der Waals surface area (Å²) in [5.41, 5.74) is 6.69. The second kappa shape index (κ2) is 12.9. The van der Waals surface area contributed by atoms with E-state index in [1.165, 1.54) is 0 Å². The van der Waals surface area contributed by atoms with Crippen LogP contribution in [0.2, 0.25) is 0 Å². The predicted molar refractivity (Wildman–Crippen MR) is 163 cm³/mol. The van der Waals surface area contributed by atoms with Gasteiger partial charge in [-0.15, -0.1) is 0 Å². The number of fused-ring (bicyclic) bond motifs is 1. The van der Waals surface area contributed by atoms with Gasteiger partial charge in [-0.3, -0.25) is 20.9 Å². The van der Waals surface area contributed by atoms with E-state index >= 15 is 0 Å². The molecule has 214 valence electrons. The van der Waals surface area contributed by atoms with Gasteiger partial charge in [-0.1, -0.05) is 54.6 Å². The Labute approximate surface area is 244 Å². The summed E-state index contributed by atoms with van der Waals surface area (Å²) < 4.78 is 11.7. The van der Waals surface area contributed by atoms with Gasteiger partial charge in [0.05, 0.1) is 13.2 Å². The number of H-pyrrole nitrogens is 1. The van der Waals surface area contributed by atoms with Crippen LogP contribution < -0.4 is 25.6 Å². The lowest BCUT2D eigenvalue weighted by atomic mass is 10.0. The minimum atomic E-state index is -0.781. The molecule has 4 aromatic carbocycles. The molecule has 1 heterocycles. The molecule has 42 heavy (non-hydrogen) atoms. The Balaban J connectivity index is 1.42. The maximum Gasteiger partial charge on any atom is 0.247 e. The third-order valence-corrected chi connectivity index (χ3v) is 7.06. The van der Waals surface area contributed by atoms with E-state index in [4.69, 9.17) is 20.1 Å². The number of aromatic nitrogens is 1. The van der Waals surface area contributed by atoms with Crippen LogP contribution in [0, 0.1) is 5.41 Å². The number of hydrogen-bond acceptors (Lipinski definition) is 6. The molecule has 5 aromatic rings. The monoisotopic (exact) mass is 563 g/mol. The lowest BCUT2D eigenvalue weighted by molar-refractivity contribution is -0.122. The molecule has 0 radical (unpaired) electrons. The maximum absolute atomic E-state index is 13.9. The Morgan fingerprint density at radius 3 is 2.43 bits per heavy atom. The van der Waals surface area contributed by atoms with Crippen LogP contribution in [0.4, 0.5) is 5.69 Å². The first-order valence-electron chi connectivity index (χ1n) is 13.5. The molecule has 0 aliphatic heterocycles. The third-order valence-electron chi connectivity index (χ3n) is 7.06. The summed E-state index contributed by atoms with van der Waals surface area (Å²) in [4.78, 5) is 17.1. The number of carbonyl (C=O) groups is 1. The Kier molecular flexibility index (Phi) is 8.70. The highest BCUT2D eigenvalue weighted by atomic mass is 16.5. The molecular formula is C33H33N5O4. The van der Waals surface area contributed by atoms with Gasteiger partial charge in [0, 0.05) is 28.4 Å². The zero-order chi connectivity index (χ0) is 29.5. The quantitative estimate of drug-likeness (QED) is 0.0655. The Morgan fingerprint density at radius 2 is 1.69 bits per heavy atom. The van der Waals surface area contributed by atoms with Crippen LogP contribution in [0.15, 0.2) is 103 Å². The molecule has 2 unspecified atom stereocenters. The van der Waals surface area contributed by atoms with Crippen molar-refractivity contribution >= 4 is 28.3 Å². The molecule has 0 saturated carbocycles. The molecule has 1 amide bonds. The van der Waals surface area contributed by atoms with Crippen molar-refractivity contribution in [3.8, 4) is 11.5 Å². The molecular weight excluding hydrogens is 530 g/mol. The van der Waals surface area contributed by atoms with Crippen LogP contribution >= 0.6 is 0 Å². The van der Waals surface area contributed by atoms with Crippen molar-refractivity contribution in [3.05, 3.63) is 126 Å². The van der Waals surface area contributed by atoms with E-state index in [-0.39, 0.29) is 17.8 Å². The van der Waals surface area contributed by atoms with E-state index in [9.17, 15) is 4.79 Å². The van der Waals surface area contributed by atoms with Gasteiger partial charge in [0.2, 0.25) is 5.91 Å². The average molecular weight is 564 g/mol. The van der Waals surface area contributed by atoms with Gasteiger partial charge >= 0.3 is 0 Å². The number of aromatic amines is 1. The first-order valence-corrected chi connectivity index (χ1v) is 13.5. The molecule has 9 heteroatoms. The van der Waals surface area contributed by atoms with E-state index in [2.05, 4.69) is 15.6 Å². The number of ether oxygens (including phenoxy) is 2. The van der Waals surface area contributed by atoms with E-state index in [0.29, 0.717) is 34.9 Å². The van der Waals surface area contributed by atoms with E-state index in [0.717, 1.165) is 22.0 Å². The molecule has 6 N–H and O–H groups in total. The number of nitrogens with one attached hydrogen (secondary N) is 5. The van der Waals surface area contributed by atoms with Crippen molar-refractivity contribution in [2.24, 2.45) is 0 Å². The van der Waals surface area contributed by atoms with E-state index < -0.39 is 6.04 Å². The van der Waals surface area contributed by atoms with Crippen molar-refractivity contribution < 1.29 is 19.5 Å². The van der Waals surface area contributed by atoms with Crippen molar-refractivity contribution in [3.63, 3.8) is 0 Å². The highest BCUT2D eigenvalue weighted by Gasteiger charge is 2.25. The molecule has 0 saturated heterocycles. The number of para-hydroxylation sites is 1. The predicted octanol–water partition coefficient (Wildman–Crippen LogP) is 6.09. The minimum absolute atomic E-state index is 0.126. The molecule has 0 bridgehead atoms. The topological polar surface area (TPSA) is 131 Å². The summed E-state index contributed by atoms with van der Waals surface area (Å²) in [6.45, 7) is 2.33. The smallest absolute Gasteiger partial charge is 0.247 e. The number of amidine groups is 1. The number of carbonyl (C=O) groups excluding carboxylic acids is 1. The van der Waals surface area contributed by atoms with Gasteiger partial charge in [0.15, 0.2) is 11.5 Å². The normalized spacial score (nSPS) is 12.3. The molecule has 2 atom stereocenters. The zero-order valence-electron chi connectivity index (χ0n) is 23.3. The maximum atomic E-state index is 13.9. The van der Waals surface area contributed by atoms with Gasteiger partial charge in [-0.05, 0) is 66.1 Å². The number of hydrogen-bond donors (Lipinski definition) is 6. The van der Waals surface area contributed by atoms with Gasteiger partial charge in [0.25, 0.3) is 0 Å². The Hall–Kier alpha value is -5.28. The molecule has 0 aliphatic carbocycles. The first kappa shape index (κ1) is 28.3. The molecule has 1 aromatic heterocycles. The number of rotatable bonds is 11. The fourth-order valence-electron chi connectivity index (χ4n) is 4.81. The molecule has 0 aliphatic rings. The highest BCUT2D eigenvalue weighted by Crippen LogP contribution is 2.33. The fraction of sp³-hybridized carbons (Fsp3) is 0.152. The number of amides is 1. The number of benzene rings is 4. The van der Waals surface area contributed by atoms with Crippen molar-refractivity contribution in [1.82, 2.24) is 15.8 Å². The Bertz CT molecular complexity index is 1670. The van der Waals surface area contributed by atoms with Crippen molar-refractivity contribution in [2.75, 3.05) is 12.4 Å². The van der Waals surface area contributed by atoms with Gasteiger partial charge in [-0.25, -0.2) is 0 Å². The van der Waals surface area contributed by atoms with Crippen LogP contribution in [-0.4, -0.2) is 29.0 Å². The van der Waals surface area contributed by atoms with Crippen molar-refractivity contribution in [2.45, 2.75) is 25.6 Å². The summed E-state index contributed by atoms with van der Waals surface area (Å²) in [6, 6.07) is 29.1. The molecule has 0 spiro atoms. The van der Waals surface area contributed by atoms with Gasteiger partial charge < -0.3 is 25.1 Å². The number of anilines is 1. The van der Waals surface area contributed by atoms with Crippen LogP contribution in [0.1, 0.15) is 41.3 Å². The summed E-state index contributed by atoms with van der Waals surface area (Å²) in [5, 5.41) is 24.4. The average Bonchev–Trinajstić information content (AvgIpc) is 3.47. The largest absolute Gasteiger partial charge is 0.493 e. The summed E-state index contributed by atoms with van der Waals surface area (Å²) in [6.07, 6.45) is 1.92. The fourth-order valence-corrected chi connectivity index (χ4v) is 4.81. The molecule has 0 fully saturated rings. The number of methoxy groups -OCH3 is 1. The summed E-state index contributed by atoms with van der Waals surface area (Å²) in [5.74, 6) is 0.710. The van der Waals surface area contributed by atoms with E-state index in [1.54, 1.807) is 43.5 Å². The molecule has 5 rings (SSSR count). The first-order chi connectivity index (χ1) is 20.5. The van der Waals surface area contributed by atoms with Crippen LogP contribution in [0.5, 0.6) is 11.5 Å². The standard InChI is InChI=1S/C33H33N5O4/c1-21(27-19-35-28-11-7-6-10-26(27)28)36-33(39)31(37-25-15-12-23(13-16-25)32(34)38-40)24-14-17-29(30(18-24)41-2)42-20-22-8-4-3-5-9-22/h3-19,21,31,35,37,40H,20H2,1-2H3,(H2,34,38)(H,36,39). The van der Waals surface area contributed by atoms with Crippen LogP contribution in [-0.2, 0) is 11.4 Å². The summed E-state index contributed by atoms with van der Waals surface area (Å²) in [7, 11) is 1.57. The van der Waals surface area contributed by atoms with Crippen LogP contribution in [0.25, 0.3) is 10.9 Å². The van der Waals surface area contributed by atoms with Crippen molar-refractivity contribution in [1.29, 1.82) is 5.41 Å². The number of hydroxylamine groups is 1. The molecule has 9 nitrogen and oxygen atoms in total.